The third-order valence-corrected chi connectivity index (χ3v) is 3.12. The molecule has 0 aliphatic carbocycles. The number of carbonyl (C=O) groups excluding carboxylic acids is 1. The van der Waals surface area contributed by atoms with Crippen LogP contribution in [0.3, 0.4) is 0 Å². The van der Waals surface area contributed by atoms with Crippen molar-refractivity contribution in [3.63, 3.8) is 0 Å². The summed E-state index contributed by atoms with van der Waals surface area (Å²) in [5.41, 5.74) is 2.86. The van der Waals surface area contributed by atoms with Gasteiger partial charge in [-0.1, -0.05) is 17.7 Å². The minimum Gasteiger partial charge on any atom is -0.494 e. The van der Waals surface area contributed by atoms with Crippen molar-refractivity contribution in [2.24, 2.45) is 5.10 Å². The van der Waals surface area contributed by atoms with Crippen LogP contribution < -0.4 is 10.2 Å². The first kappa shape index (κ1) is 16.0. The lowest BCUT2D eigenvalue weighted by molar-refractivity contribution is 0.0955. The highest BCUT2D eigenvalue weighted by Gasteiger charge is 2.06. The molecule has 22 heavy (non-hydrogen) atoms. The maximum Gasteiger partial charge on any atom is 0.271 e. The van der Waals surface area contributed by atoms with Crippen molar-refractivity contribution in [2.75, 3.05) is 6.61 Å². The van der Waals surface area contributed by atoms with E-state index < -0.39 is 11.7 Å². The number of rotatable bonds is 5. The van der Waals surface area contributed by atoms with E-state index in [0.29, 0.717) is 17.9 Å². The average Bonchev–Trinajstić information content (AvgIpc) is 2.51. The average molecular weight is 321 g/mol. The Morgan fingerprint density at radius 1 is 1.32 bits per heavy atom. The van der Waals surface area contributed by atoms with E-state index in [9.17, 15) is 9.18 Å². The summed E-state index contributed by atoms with van der Waals surface area (Å²) in [6, 6.07) is 10.9. The third kappa shape index (κ3) is 4.05. The maximum atomic E-state index is 13.5. The molecular weight excluding hydrogens is 307 g/mol. The molecule has 2 aromatic rings. The van der Waals surface area contributed by atoms with E-state index in [-0.39, 0.29) is 10.6 Å². The number of benzene rings is 2. The second-order valence-corrected chi connectivity index (χ2v) is 4.70. The zero-order valence-corrected chi connectivity index (χ0v) is 12.6. The second-order valence-electron chi connectivity index (χ2n) is 4.29. The van der Waals surface area contributed by atoms with Gasteiger partial charge in [-0.25, -0.2) is 9.82 Å². The monoisotopic (exact) mass is 320 g/mol. The molecule has 0 heterocycles. The molecule has 0 aliphatic heterocycles. The van der Waals surface area contributed by atoms with Gasteiger partial charge in [0.25, 0.3) is 5.91 Å². The molecule has 0 saturated carbocycles. The van der Waals surface area contributed by atoms with Gasteiger partial charge in [0.15, 0.2) is 0 Å². The molecule has 2 aromatic carbocycles. The van der Waals surface area contributed by atoms with E-state index in [1.54, 1.807) is 30.3 Å². The number of ether oxygens (including phenoxy) is 1. The van der Waals surface area contributed by atoms with Crippen LogP contribution in [0.4, 0.5) is 4.39 Å². The summed E-state index contributed by atoms with van der Waals surface area (Å²) in [5.74, 6) is -0.237. The van der Waals surface area contributed by atoms with E-state index >= 15 is 0 Å². The maximum absolute atomic E-state index is 13.5. The molecule has 0 spiro atoms. The lowest BCUT2D eigenvalue weighted by Gasteiger charge is -2.04. The third-order valence-electron chi connectivity index (χ3n) is 2.79. The Hall–Kier alpha value is -2.40. The summed E-state index contributed by atoms with van der Waals surface area (Å²) in [5, 5.41) is 3.94. The summed E-state index contributed by atoms with van der Waals surface area (Å²) in [4.78, 5) is 11.9. The molecule has 0 radical (unpaired) electrons. The van der Waals surface area contributed by atoms with Crippen molar-refractivity contribution in [3.05, 3.63) is 64.4 Å². The number of nitrogens with one attached hydrogen (secondary N) is 1. The number of halogens is 2. The van der Waals surface area contributed by atoms with Crippen LogP contribution in [0.2, 0.25) is 5.02 Å². The van der Waals surface area contributed by atoms with Gasteiger partial charge >= 0.3 is 0 Å². The van der Waals surface area contributed by atoms with Gasteiger partial charge in [-0.15, -0.1) is 0 Å². The highest BCUT2D eigenvalue weighted by molar-refractivity contribution is 6.33. The first-order chi connectivity index (χ1) is 10.6. The van der Waals surface area contributed by atoms with E-state index in [2.05, 4.69) is 10.5 Å². The van der Waals surface area contributed by atoms with Gasteiger partial charge in [0.1, 0.15) is 11.6 Å². The Kier molecular flexibility index (Phi) is 5.49. The smallest absolute Gasteiger partial charge is 0.271 e. The van der Waals surface area contributed by atoms with E-state index in [1.807, 2.05) is 6.92 Å². The largest absolute Gasteiger partial charge is 0.494 e. The van der Waals surface area contributed by atoms with Crippen molar-refractivity contribution in [1.82, 2.24) is 5.43 Å². The van der Waals surface area contributed by atoms with Crippen molar-refractivity contribution >= 4 is 23.7 Å². The van der Waals surface area contributed by atoms with Crippen molar-refractivity contribution in [3.8, 4) is 5.75 Å². The Balaban J connectivity index is 2.01. The van der Waals surface area contributed by atoms with Crippen LogP contribution in [-0.4, -0.2) is 18.7 Å². The van der Waals surface area contributed by atoms with Crippen molar-refractivity contribution in [1.29, 1.82) is 0 Å². The number of hydrazone groups is 1. The van der Waals surface area contributed by atoms with Crippen LogP contribution in [-0.2, 0) is 0 Å². The highest BCUT2D eigenvalue weighted by atomic mass is 35.5. The molecule has 0 bridgehead atoms. The Morgan fingerprint density at radius 3 is 2.68 bits per heavy atom. The second kappa shape index (κ2) is 7.56. The summed E-state index contributed by atoms with van der Waals surface area (Å²) in [6.45, 7) is 2.43. The standard InChI is InChI=1S/C16H14ClFN2O2/c1-2-22-12-8-6-11(7-9-12)16(21)20-19-10-13-14(17)4-3-5-15(13)18/h3-10H,2H2,1H3,(H,20,21)/b19-10+. The van der Waals surface area contributed by atoms with Crippen LogP contribution in [0.1, 0.15) is 22.8 Å². The van der Waals surface area contributed by atoms with Gasteiger partial charge in [-0.05, 0) is 43.3 Å². The zero-order chi connectivity index (χ0) is 15.9. The first-order valence-electron chi connectivity index (χ1n) is 6.62. The quantitative estimate of drug-likeness (QED) is 0.675. The summed E-state index contributed by atoms with van der Waals surface area (Å²) in [7, 11) is 0. The van der Waals surface area contributed by atoms with Crippen LogP contribution in [0.5, 0.6) is 5.75 Å². The fourth-order valence-corrected chi connectivity index (χ4v) is 1.94. The molecule has 1 N–H and O–H groups in total. The zero-order valence-electron chi connectivity index (χ0n) is 11.8. The van der Waals surface area contributed by atoms with Gasteiger partial charge in [-0.2, -0.15) is 5.10 Å². The molecule has 0 saturated heterocycles. The Bertz CT molecular complexity index is 667. The minimum atomic E-state index is -0.508. The van der Waals surface area contributed by atoms with E-state index in [1.165, 1.54) is 18.3 Å². The van der Waals surface area contributed by atoms with Crippen LogP contribution >= 0.6 is 11.6 Å². The number of nitrogens with zero attached hydrogens (tertiary/aromatic N) is 1. The molecule has 4 nitrogen and oxygen atoms in total. The molecule has 1 amide bonds. The molecule has 0 aromatic heterocycles. The topological polar surface area (TPSA) is 50.7 Å². The predicted octanol–water partition coefficient (Wildman–Crippen LogP) is 3.64. The number of carbonyl (C=O) groups is 1. The summed E-state index contributed by atoms with van der Waals surface area (Å²) >= 11 is 5.85. The summed E-state index contributed by atoms with van der Waals surface area (Å²) < 4.78 is 18.8. The Morgan fingerprint density at radius 2 is 2.05 bits per heavy atom. The lowest BCUT2D eigenvalue weighted by Crippen LogP contribution is -2.17. The number of amides is 1. The van der Waals surface area contributed by atoms with Gasteiger partial charge < -0.3 is 4.74 Å². The molecule has 114 valence electrons. The molecular formula is C16H14ClFN2O2. The summed E-state index contributed by atoms with van der Waals surface area (Å²) in [6.07, 6.45) is 1.17. The molecule has 0 aliphatic rings. The predicted molar refractivity (Wildman–Crippen MR) is 84.1 cm³/mol. The normalized spacial score (nSPS) is 10.7. The fraction of sp³-hybridized carbons (Fsp3) is 0.125. The first-order valence-corrected chi connectivity index (χ1v) is 7.00. The van der Waals surface area contributed by atoms with Gasteiger partial charge in [0.05, 0.1) is 17.8 Å². The molecule has 2 rings (SSSR count). The Labute approximate surface area is 132 Å². The number of hydrogen-bond acceptors (Lipinski definition) is 3. The minimum absolute atomic E-state index is 0.121. The van der Waals surface area contributed by atoms with Gasteiger partial charge in [-0.3, -0.25) is 4.79 Å². The molecule has 0 unspecified atom stereocenters. The van der Waals surface area contributed by atoms with Gasteiger partial charge in [0, 0.05) is 11.1 Å². The molecule has 6 heteroatoms. The highest BCUT2D eigenvalue weighted by Crippen LogP contribution is 2.16. The lowest BCUT2D eigenvalue weighted by atomic mass is 10.2. The van der Waals surface area contributed by atoms with Crippen molar-refractivity contribution < 1.29 is 13.9 Å². The van der Waals surface area contributed by atoms with Crippen LogP contribution in [0.15, 0.2) is 47.6 Å². The van der Waals surface area contributed by atoms with Crippen LogP contribution in [0, 0.1) is 5.82 Å². The van der Waals surface area contributed by atoms with E-state index in [0.717, 1.165) is 0 Å². The van der Waals surface area contributed by atoms with Crippen molar-refractivity contribution in [2.45, 2.75) is 6.92 Å². The molecule has 0 atom stereocenters. The van der Waals surface area contributed by atoms with Gasteiger partial charge in [0.2, 0.25) is 0 Å². The van der Waals surface area contributed by atoms with Crippen LogP contribution in [0.25, 0.3) is 0 Å². The SMILES string of the molecule is CCOc1ccc(C(=O)N/N=C/c2c(F)cccc2Cl)cc1. The molecule has 0 fully saturated rings. The fourth-order valence-electron chi connectivity index (χ4n) is 1.72. The van der Waals surface area contributed by atoms with E-state index in [4.69, 9.17) is 16.3 Å². The number of hydrogen-bond donors (Lipinski definition) is 1.